The summed E-state index contributed by atoms with van der Waals surface area (Å²) in [7, 11) is 4.40. The maximum Gasteiger partial charge on any atom is 0.337 e. The summed E-state index contributed by atoms with van der Waals surface area (Å²) in [5.74, 6) is -0.0459. The maximum absolute atomic E-state index is 12.5. The molecule has 0 saturated heterocycles. The first-order valence-corrected chi connectivity index (χ1v) is 11.0. The number of amides is 1. The van der Waals surface area contributed by atoms with E-state index in [-0.39, 0.29) is 22.8 Å². The molecular weight excluding hydrogens is 420 g/mol. The highest BCUT2D eigenvalue weighted by molar-refractivity contribution is 7.99. The third-order valence-electron chi connectivity index (χ3n) is 5.23. The van der Waals surface area contributed by atoms with E-state index in [0.29, 0.717) is 16.8 Å². The Bertz CT molecular complexity index is 934. The van der Waals surface area contributed by atoms with Gasteiger partial charge in [-0.25, -0.2) is 9.59 Å². The van der Waals surface area contributed by atoms with Crippen molar-refractivity contribution in [1.82, 2.24) is 14.8 Å². The summed E-state index contributed by atoms with van der Waals surface area (Å²) in [6, 6.07) is 4.25. The van der Waals surface area contributed by atoms with Crippen molar-refractivity contribution in [3.63, 3.8) is 0 Å². The predicted octanol–water partition coefficient (Wildman–Crippen LogP) is 3.17. The Balaban J connectivity index is 1.66. The number of carbonyl (C=O) groups excluding carboxylic acids is 3. The zero-order valence-corrected chi connectivity index (χ0v) is 18.7. The van der Waals surface area contributed by atoms with Crippen LogP contribution in [-0.4, -0.2) is 52.6 Å². The molecule has 0 bridgehead atoms. The van der Waals surface area contributed by atoms with Crippen molar-refractivity contribution in [2.75, 3.05) is 25.3 Å². The highest BCUT2D eigenvalue weighted by atomic mass is 32.2. The first-order chi connectivity index (χ1) is 14.9. The van der Waals surface area contributed by atoms with Gasteiger partial charge in [0.2, 0.25) is 5.91 Å². The summed E-state index contributed by atoms with van der Waals surface area (Å²) in [5.41, 5.74) is 0.576. The molecule has 1 heterocycles. The molecule has 0 aliphatic heterocycles. The Labute approximate surface area is 184 Å². The molecule has 1 aliphatic rings. The summed E-state index contributed by atoms with van der Waals surface area (Å²) in [6.45, 7) is 0. The minimum Gasteiger partial charge on any atom is -0.465 e. The number of carbonyl (C=O) groups is 3. The van der Waals surface area contributed by atoms with Crippen molar-refractivity contribution < 1.29 is 23.9 Å². The lowest BCUT2D eigenvalue weighted by molar-refractivity contribution is -0.113. The second kappa shape index (κ2) is 10.4. The lowest BCUT2D eigenvalue weighted by Crippen LogP contribution is -2.16. The van der Waals surface area contributed by atoms with Crippen LogP contribution in [0.2, 0.25) is 0 Å². The average molecular weight is 447 g/mol. The van der Waals surface area contributed by atoms with E-state index in [2.05, 4.69) is 15.5 Å². The van der Waals surface area contributed by atoms with Crippen molar-refractivity contribution in [3.8, 4) is 0 Å². The number of aromatic nitrogens is 3. The molecule has 0 radical (unpaired) electrons. The Hall–Kier alpha value is -2.88. The van der Waals surface area contributed by atoms with Gasteiger partial charge in [0.1, 0.15) is 5.82 Å². The lowest BCUT2D eigenvalue weighted by atomic mass is 9.89. The highest BCUT2D eigenvalue weighted by Gasteiger charge is 2.22. The van der Waals surface area contributed by atoms with Crippen LogP contribution in [0.5, 0.6) is 0 Å². The molecule has 9 nitrogen and oxygen atoms in total. The Morgan fingerprint density at radius 2 is 1.65 bits per heavy atom. The molecule has 0 atom stereocenters. The number of hydrogen-bond donors (Lipinski definition) is 1. The van der Waals surface area contributed by atoms with Gasteiger partial charge in [-0.15, -0.1) is 10.2 Å². The topological polar surface area (TPSA) is 112 Å². The number of hydrogen-bond acceptors (Lipinski definition) is 8. The molecule has 1 fully saturated rings. The Morgan fingerprint density at radius 3 is 2.23 bits per heavy atom. The molecule has 2 aromatic rings. The minimum atomic E-state index is -0.620. The molecule has 0 spiro atoms. The number of anilines is 1. The van der Waals surface area contributed by atoms with Crippen molar-refractivity contribution in [1.29, 1.82) is 0 Å². The molecular formula is C21H26N4O5S. The number of nitrogens with zero attached hydrogens (tertiary/aromatic N) is 3. The Morgan fingerprint density at radius 1 is 1.03 bits per heavy atom. The molecule has 1 N–H and O–H groups in total. The van der Waals surface area contributed by atoms with E-state index in [1.807, 2.05) is 11.6 Å². The molecule has 31 heavy (non-hydrogen) atoms. The number of benzene rings is 1. The van der Waals surface area contributed by atoms with Crippen LogP contribution in [0, 0.1) is 0 Å². The number of ether oxygens (including phenoxy) is 2. The first-order valence-electron chi connectivity index (χ1n) is 10.1. The molecule has 10 heteroatoms. The number of rotatable bonds is 7. The smallest absolute Gasteiger partial charge is 0.337 e. The fourth-order valence-electron chi connectivity index (χ4n) is 3.67. The van der Waals surface area contributed by atoms with Gasteiger partial charge in [0.05, 0.1) is 31.1 Å². The van der Waals surface area contributed by atoms with Crippen LogP contribution in [0.4, 0.5) is 5.69 Å². The molecule has 0 unspecified atom stereocenters. The van der Waals surface area contributed by atoms with E-state index in [1.54, 1.807) is 0 Å². The van der Waals surface area contributed by atoms with E-state index >= 15 is 0 Å². The molecule has 1 aromatic carbocycles. The largest absolute Gasteiger partial charge is 0.465 e. The van der Waals surface area contributed by atoms with Gasteiger partial charge < -0.3 is 19.4 Å². The Kier molecular flexibility index (Phi) is 7.67. The van der Waals surface area contributed by atoms with Gasteiger partial charge in [-0.1, -0.05) is 31.0 Å². The third kappa shape index (κ3) is 5.63. The highest BCUT2D eigenvalue weighted by Crippen LogP contribution is 2.32. The normalized spacial score (nSPS) is 14.2. The predicted molar refractivity (Wildman–Crippen MR) is 115 cm³/mol. The van der Waals surface area contributed by atoms with Gasteiger partial charge in [-0.05, 0) is 31.0 Å². The fourth-order valence-corrected chi connectivity index (χ4v) is 4.38. The van der Waals surface area contributed by atoms with Crippen LogP contribution < -0.4 is 5.32 Å². The number of nitrogens with one attached hydrogen (secondary N) is 1. The zero-order valence-electron chi connectivity index (χ0n) is 17.8. The number of thioether (sulfide) groups is 1. The van der Waals surface area contributed by atoms with Crippen LogP contribution >= 0.6 is 11.8 Å². The monoisotopic (exact) mass is 446 g/mol. The quantitative estimate of drug-likeness (QED) is 0.510. The van der Waals surface area contributed by atoms with Crippen LogP contribution in [-0.2, 0) is 21.3 Å². The first kappa shape index (κ1) is 22.8. The second-order valence-corrected chi connectivity index (χ2v) is 8.30. The average Bonchev–Trinajstić information content (AvgIpc) is 3.17. The van der Waals surface area contributed by atoms with Crippen molar-refractivity contribution >= 4 is 35.3 Å². The van der Waals surface area contributed by atoms with Crippen molar-refractivity contribution in [2.45, 2.75) is 43.2 Å². The molecule has 1 saturated carbocycles. The summed E-state index contributed by atoms with van der Waals surface area (Å²) in [5, 5.41) is 12.0. The van der Waals surface area contributed by atoms with Crippen molar-refractivity contribution in [3.05, 3.63) is 35.2 Å². The standard InChI is InChI=1S/C21H26N4O5S/c1-25-18(13-7-5-4-6-8-13)23-24-21(25)31-12-17(26)22-16-10-14(19(27)29-2)9-15(11-16)20(28)30-3/h9-11,13H,4-8,12H2,1-3H3,(H,22,26). The fraction of sp³-hybridized carbons (Fsp3) is 0.476. The number of esters is 2. The summed E-state index contributed by atoms with van der Waals surface area (Å²) in [6.07, 6.45) is 5.93. The second-order valence-electron chi connectivity index (χ2n) is 7.35. The van der Waals surface area contributed by atoms with Gasteiger partial charge in [-0.3, -0.25) is 4.79 Å². The number of methoxy groups -OCH3 is 2. The van der Waals surface area contributed by atoms with Crippen LogP contribution in [0.3, 0.4) is 0 Å². The molecule has 1 aromatic heterocycles. The summed E-state index contributed by atoms with van der Waals surface area (Å²) in [4.78, 5) is 36.3. The van der Waals surface area contributed by atoms with Crippen LogP contribution in [0.1, 0.15) is 64.6 Å². The van der Waals surface area contributed by atoms with Gasteiger partial charge >= 0.3 is 11.9 Å². The third-order valence-corrected chi connectivity index (χ3v) is 6.25. The zero-order chi connectivity index (χ0) is 22.4. The molecule has 1 amide bonds. The lowest BCUT2D eigenvalue weighted by Gasteiger charge is -2.20. The summed E-state index contributed by atoms with van der Waals surface area (Å²) >= 11 is 1.28. The summed E-state index contributed by atoms with van der Waals surface area (Å²) < 4.78 is 11.4. The van der Waals surface area contributed by atoms with Gasteiger partial charge in [0.15, 0.2) is 5.16 Å². The van der Waals surface area contributed by atoms with Gasteiger partial charge in [0, 0.05) is 18.7 Å². The van der Waals surface area contributed by atoms with Crippen molar-refractivity contribution in [2.24, 2.45) is 7.05 Å². The van der Waals surface area contributed by atoms with Crippen LogP contribution in [0.25, 0.3) is 0 Å². The molecule has 3 rings (SSSR count). The SMILES string of the molecule is COC(=O)c1cc(NC(=O)CSc2nnc(C3CCCCC3)n2C)cc(C(=O)OC)c1. The maximum atomic E-state index is 12.5. The molecule has 1 aliphatic carbocycles. The molecule has 166 valence electrons. The van der Waals surface area contributed by atoms with E-state index in [0.717, 1.165) is 18.7 Å². The van der Waals surface area contributed by atoms with Gasteiger partial charge in [-0.2, -0.15) is 0 Å². The van der Waals surface area contributed by atoms with E-state index in [9.17, 15) is 14.4 Å². The van der Waals surface area contributed by atoms with E-state index in [1.165, 1.54) is 63.4 Å². The van der Waals surface area contributed by atoms with Crippen LogP contribution in [0.15, 0.2) is 23.4 Å². The minimum absolute atomic E-state index is 0.104. The van der Waals surface area contributed by atoms with E-state index in [4.69, 9.17) is 9.47 Å². The van der Waals surface area contributed by atoms with Gasteiger partial charge in [0.25, 0.3) is 0 Å². The van der Waals surface area contributed by atoms with E-state index < -0.39 is 11.9 Å².